The SMILES string of the molecule is CCCCCCCCCCCCCCCCCCOC[C@H](OCCCCCCCCCCCCCCCCCC)[C@@H](O)[C@H](O)[C@H](O)CO. The second-order valence-corrected chi connectivity index (χ2v) is 14.8. The lowest BCUT2D eigenvalue weighted by atomic mass is 10.0. The summed E-state index contributed by atoms with van der Waals surface area (Å²) in [7, 11) is 0. The molecular formula is C42H86O6. The van der Waals surface area contributed by atoms with Crippen LogP contribution in [0.5, 0.6) is 0 Å². The van der Waals surface area contributed by atoms with Gasteiger partial charge < -0.3 is 29.9 Å². The van der Waals surface area contributed by atoms with E-state index in [-0.39, 0.29) is 6.61 Å². The van der Waals surface area contributed by atoms with Crippen LogP contribution >= 0.6 is 0 Å². The Balaban J connectivity index is 3.83. The van der Waals surface area contributed by atoms with E-state index in [1.807, 2.05) is 0 Å². The van der Waals surface area contributed by atoms with Gasteiger partial charge in [0, 0.05) is 13.2 Å². The fraction of sp³-hybridized carbons (Fsp3) is 1.00. The minimum Gasteiger partial charge on any atom is -0.394 e. The second-order valence-electron chi connectivity index (χ2n) is 14.8. The minimum absolute atomic E-state index is 0.175. The van der Waals surface area contributed by atoms with Gasteiger partial charge in [-0.3, -0.25) is 0 Å². The van der Waals surface area contributed by atoms with E-state index < -0.39 is 31.0 Å². The lowest BCUT2D eigenvalue weighted by molar-refractivity contribution is -0.147. The zero-order chi connectivity index (χ0) is 35.2. The molecule has 0 rings (SSSR count). The maximum atomic E-state index is 10.6. The molecule has 0 aliphatic heterocycles. The molecule has 0 amide bonds. The summed E-state index contributed by atoms with van der Waals surface area (Å²) in [5.41, 5.74) is 0. The molecule has 0 fully saturated rings. The maximum Gasteiger partial charge on any atom is 0.111 e. The fourth-order valence-corrected chi connectivity index (χ4v) is 6.64. The molecule has 0 aliphatic rings. The Morgan fingerprint density at radius 1 is 0.375 bits per heavy atom. The van der Waals surface area contributed by atoms with Gasteiger partial charge in [0.15, 0.2) is 0 Å². The molecule has 0 aromatic heterocycles. The molecule has 0 saturated heterocycles. The van der Waals surface area contributed by atoms with Gasteiger partial charge in [-0.1, -0.05) is 206 Å². The Kier molecular flexibility index (Phi) is 39.3. The highest BCUT2D eigenvalue weighted by Crippen LogP contribution is 2.16. The number of rotatable bonds is 41. The molecule has 290 valence electrons. The molecule has 0 radical (unpaired) electrons. The Labute approximate surface area is 299 Å². The first-order chi connectivity index (χ1) is 23.6. The van der Waals surface area contributed by atoms with Crippen molar-refractivity contribution < 1.29 is 29.9 Å². The fourth-order valence-electron chi connectivity index (χ4n) is 6.64. The van der Waals surface area contributed by atoms with Crippen LogP contribution in [0.4, 0.5) is 0 Å². The number of hydrogen-bond donors (Lipinski definition) is 4. The summed E-state index contributed by atoms with van der Waals surface area (Å²) in [6.07, 6.45) is 37.4. The standard InChI is InChI=1S/C42H86O6/c1-3-5-7-9-11-13-15-17-19-21-23-25-27-29-31-33-35-47-38-40(42(46)41(45)39(44)37-43)48-36-34-32-30-28-26-24-22-20-18-16-14-12-10-8-6-4-2/h39-46H,3-38H2,1-2H3/t39-,40+,41-,42-/m1/s1. The average Bonchev–Trinajstić information content (AvgIpc) is 3.10. The van der Waals surface area contributed by atoms with Crippen LogP contribution in [0.3, 0.4) is 0 Å². The first-order valence-corrected chi connectivity index (χ1v) is 21.4. The van der Waals surface area contributed by atoms with E-state index >= 15 is 0 Å². The van der Waals surface area contributed by atoms with Crippen molar-refractivity contribution in [2.45, 2.75) is 244 Å². The molecule has 0 heterocycles. The third-order valence-corrected chi connectivity index (χ3v) is 10.1. The van der Waals surface area contributed by atoms with Crippen LogP contribution in [-0.2, 0) is 9.47 Å². The van der Waals surface area contributed by atoms with Crippen LogP contribution in [-0.4, -0.2) is 71.3 Å². The Bertz CT molecular complexity index is 590. The van der Waals surface area contributed by atoms with Crippen molar-refractivity contribution in [2.24, 2.45) is 0 Å². The van der Waals surface area contributed by atoms with Crippen LogP contribution < -0.4 is 0 Å². The van der Waals surface area contributed by atoms with Crippen LogP contribution in [0.1, 0.15) is 219 Å². The van der Waals surface area contributed by atoms with Gasteiger partial charge in [0.05, 0.1) is 13.2 Å². The Hall–Kier alpha value is -0.240. The minimum atomic E-state index is -1.47. The summed E-state index contributed by atoms with van der Waals surface area (Å²) in [5.74, 6) is 0. The Morgan fingerprint density at radius 3 is 0.979 bits per heavy atom. The predicted octanol–water partition coefficient (Wildman–Crippen LogP) is 11.0. The maximum absolute atomic E-state index is 10.6. The highest BCUT2D eigenvalue weighted by Gasteiger charge is 2.32. The molecule has 0 aromatic rings. The molecule has 0 aliphatic carbocycles. The van der Waals surface area contributed by atoms with E-state index in [1.165, 1.54) is 180 Å². The van der Waals surface area contributed by atoms with Crippen molar-refractivity contribution in [3.63, 3.8) is 0 Å². The van der Waals surface area contributed by atoms with Gasteiger partial charge in [-0.2, -0.15) is 0 Å². The normalized spacial score (nSPS) is 14.4. The van der Waals surface area contributed by atoms with Crippen molar-refractivity contribution in [2.75, 3.05) is 26.4 Å². The van der Waals surface area contributed by atoms with Gasteiger partial charge in [-0.05, 0) is 12.8 Å². The summed E-state index contributed by atoms with van der Waals surface area (Å²) < 4.78 is 11.8. The van der Waals surface area contributed by atoms with Gasteiger partial charge >= 0.3 is 0 Å². The van der Waals surface area contributed by atoms with Gasteiger partial charge in [-0.25, -0.2) is 0 Å². The highest BCUT2D eigenvalue weighted by atomic mass is 16.5. The monoisotopic (exact) mass is 687 g/mol. The Morgan fingerprint density at radius 2 is 0.667 bits per heavy atom. The molecule has 0 saturated carbocycles. The van der Waals surface area contributed by atoms with Crippen LogP contribution in [0.15, 0.2) is 0 Å². The van der Waals surface area contributed by atoms with Crippen molar-refractivity contribution >= 4 is 0 Å². The van der Waals surface area contributed by atoms with Crippen LogP contribution in [0.25, 0.3) is 0 Å². The number of unbranched alkanes of at least 4 members (excludes halogenated alkanes) is 30. The van der Waals surface area contributed by atoms with Crippen LogP contribution in [0.2, 0.25) is 0 Å². The van der Waals surface area contributed by atoms with Gasteiger partial charge in [0.1, 0.15) is 24.4 Å². The third kappa shape index (κ3) is 32.9. The summed E-state index contributed by atoms with van der Waals surface area (Å²) in [4.78, 5) is 0. The summed E-state index contributed by atoms with van der Waals surface area (Å²) in [5, 5.41) is 39.9. The number of ether oxygens (including phenoxy) is 2. The molecule has 0 spiro atoms. The lowest BCUT2D eigenvalue weighted by Crippen LogP contribution is -2.48. The smallest absolute Gasteiger partial charge is 0.111 e. The molecule has 6 heteroatoms. The number of aliphatic hydroxyl groups excluding tert-OH is 4. The molecule has 4 N–H and O–H groups in total. The molecule has 4 atom stereocenters. The molecule has 48 heavy (non-hydrogen) atoms. The van der Waals surface area contributed by atoms with Crippen molar-refractivity contribution in [3.8, 4) is 0 Å². The van der Waals surface area contributed by atoms with E-state index in [1.54, 1.807) is 0 Å². The zero-order valence-corrected chi connectivity index (χ0v) is 32.4. The zero-order valence-electron chi connectivity index (χ0n) is 32.4. The van der Waals surface area contributed by atoms with E-state index in [2.05, 4.69) is 13.8 Å². The van der Waals surface area contributed by atoms with Gasteiger partial charge in [-0.15, -0.1) is 0 Å². The first-order valence-electron chi connectivity index (χ1n) is 21.4. The van der Waals surface area contributed by atoms with Gasteiger partial charge in [0.25, 0.3) is 0 Å². The first kappa shape index (κ1) is 47.8. The largest absolute Gasteiger partial charge is 0.394 e. The molecule has 6 nitrogen and oxygen atoms in total. The van der Waals surface area contributed by atoms with Crippen molar-refractivity contribution in [1.82, 2.24) is 0 Å². The molecular weight excluding hydrogens is 600 g/mol. The van der Waals surface area contributed by atoms with E-state index in [9.17, 15) is 20.4 Å². The van der Waals surface area contributed by atoms with Crippen molar-refractivity contribution in [3.05, 3.63) is 0 Å². The predicted molar refractivity (Wildman–Crippen MR) is 205 cm³/mol. The topological polar surface area (TPSA) is 99.4 Å². The summed E-state index contributed by atoms with van der Waals surface area (Å²) >= 11 is 0. The van der Waals surface area contributed by atoms with E-state index in [0.29, 0.717) is 13.2 Å². The summed E-state index contributed by atoms with van der Waals surface area (Å²) in [6.45, 7) is 5.21. The van der Waals surface area contributed by atoms with Crippen molar-refractivity contribution in [1.29, 1.82) is 0 Å². The molecule has 0 unspecified atom stereocenters. The third-order valence-electron chi connectivity index (χ3n) is 10.1. The molecule has 0 aromatic carbocycles. The lowest BCUT2D eigenvalue weighted by Gasteiger charge is -2.29. The second kappa shape index (κ2) is 39.5. The van der Waals surface area contributed by atoms with E-state index in [0.717, 1.165) is 25.7 Å². The molecule has 0 bridgehead atoms. The average molecular weight is 687 g/mol. The van der Waals surface area contributed by atoms with Crippen LogP contribution in [0, 0.1) is 0 Å². The quantitative estimate of drug-likeness (QED) is 0.0478. The number of hydrogen-bond acceptors (Lipinski definition) is 6. The van der Waals surface area contributed by atoms with Gasteiger partial charge in [0.2, 0.25) is 0 Å². The van der Waals surface area contributed by atoms with E-state index in [4.69, 9.17) is 9.47 Å². The number of aliphatic hydroxyl groups is 4. The summed E-state index contributed by atoms with van der Waals surface area (Å²) in [6, 6.07) is 0. The highest BCUT2D eigenvalue weighted by molar-refractivity contribution is 4.81.